The van der Waals surface area contributed by atoms with Crippen molar-refractivity contribution >= 4 is 22.6 Å². The average molecular weight is 303 g/mol. The Morgan fingerprint density at radius 3 is 2.43 bits per heavy atom. The fraction of sp³-hybridized carbons (Fsp3) is 0.500. The number of nitrogens with two attached hydrogens (primary N) is 1. The molecule has 1 nitrogen and oxygen atoms in total. The van der Waals surface area contributed by atoms with Crippen molar-refractivity contribution in [1.29, 1.82) is 0 Å². The number of rotatable bonds is 4. The normalized spacial score (nSPS) is 13.2. The zero-order chi connectivity index (χ0) is 10.6. The summed E-state index contributed by atoms with van der Waals surface area (Å²) >= 11 is 2.35. The van der Waals surface area contributed by atoms with Gasteiger partial charge in [-0.15, -0.1) is 0 Å². The predicted molar refractivity (Wildman–Crippen MR) is 70.2 cm³/mol. The van der Waals surface area contributed by atoms with E-state index in [1.807, 2.05) is 0 Å². The maximum Gasteiger partial charge on any atom is 0.0305 e. The molecule has 0 bridgehead atoms. The minimum Gasteiger partial charge on any atom is -0.324 e. The van der Waals surface area contributed by atoms with Gasteiger partial charge in [-0.05, 0) is 53.0 Å². The maximum absolute atomic E-state index is 6.14. The number of hydrogen-bond acceptors (Lipinski definition) is 1. The lowest BCUT2D eigenvalue weighted by atomic mass is 9.98. The molecule has 0 amide bonds. The van der Waals surface area contributed by atoms with Gasteiger partial charge in [0, 0.05) is 9.61 Å². The van der Waals surface area contributed by atoms with E-state index in [-0.39, 0.29) is 6.04 Å². The molecule has 0 spiro atoms. The van der Waals surface area contributed by atoms with Crippen LogP contribution in [0.15, 0.2) is 24.3 Å². The molecular formula is C12H18IN. The molecule has 2 heteroatoms. The van der Waals surface area contributed by atoms with Crippen LogP contribution in [0.1, 0.15) is 38.3 Å². The summed E-state index contributed by atoms with van der Waals surface area (Å²) in [6.45, 7) is 4.48. The van der Waals surface area contributed by atoms with Crippen molar-refractivity contribution in [2.24, 2.45) is 11.7 Å². The summed E-state index contributed by atoms with van der Waals surface area (Å²) in [5.41, 5.74) is 7.43. The first-order valence-electron chi connectivity index (χ1n) is 5.11. The van der Waals surface area contributed by atoms with Gasteiger partial charge in [0.05, 0.1) is 0 Å². The zero-order valence-electron chi connectivity index (χ0n) is 8.83. The van der Waals surface area contributed by atoms with Crippen LogP contribution in [0.2, 0.25) is 0 Å². The smallest absolute Gasteiger partial charge is 0.0305 e. The third kappa shape index (κ3) is 3.58. The second-order valence-electron chi connectivity index (χ2n) is 4.10. The van der Waals surface area contributed by atoms with Crippen LogP contribution in [-0.4, -0.2) is 0 Å². The molecule has 0 saturated heterocycles. The molecule has 1 aromatic carbocycles. The highest BCUT2D eigenvalue weighted by Crippen LogP contribution is 2.22. The van der Waals surface area contributed by atoms with Gasteiger partial charge in [-0.3, -0.25) is 0 Å². The van der Waals surface area contributed by atoms with Gasteiger partial charge in [0.15, 0.2) is 0 Å². The Labute approximate surface area is 100 Å². The Bertz CT molecular complexity index is 283. The van der Waals surface area contributed by atoms with Crippen LogP contribution in [0, 0.1) is 9.49 Å². The van der Waals surface area contributed by atoms with Gasteiger partial charge in [-0.25, -0.2) is 0 Å². The first-order valence-corrected chi connectivity index (χ1v) is 6.19. The van der Waals surface area contributed by atoms with E-state index in [1.54, 1.807) is 0 Å². The molecule has 0 saturated carbocycles. The second-order valence-corrected chi connectivity index (χ2v) is 5.26. The number of benzene rings is 1. The summed E-state index contributed by atoms with van der Waals surface area (Å²) in [7, 11) is 0. The van der Waals surface area contributed by atoms with Crippen molar-refractivity contribution in [1.82, 2.24) is 0 Å². The van der Waals surface area contributed by atoms with E-state index < -0.39 is 0 Å². The Hall–Kier alpha value is -0.0900. The summed E-state index contributed by atoms with van der Waals surface area (Å²) in [6.07, 6.45) is 2.28. The van der Waals surface area contributed by atoms with Crippen molar-refractivity contribution in [2.45, 2.75) is 32.7 Å². The molecular weight excluding hydrogens is 285 g/mol. The third-order valence-electron chi connectivity index (χ3n) is 2.36. The molecule has 1 rings (SSSR count). The van der Waals surface area contributed by atoms with Crippen LogP contribution in [0.25, 0.3) is 0 Å². The molecule has 2 N–H and O–H groups in total. The fourth-order valence-corrected chi connectivity index (χ4v) is 2.23. The standard InChI is InChI=1S/C12H18IN/c1-9(2)7-8-12(14)10-5-3-4-6-11(10)13/h3-6,9,12H,7-8,14H2,1-2H3. The third-order valence-corrected chi connectivity index (χ3v) is 3.34. The summed E-state index contributed by atoms with van der Waals surface area (Å²) in [6, 6.07) is 8.57. The summed E-state index contributed by atoms with van der Waals surface area (Å²) in [4.78, 5) is 0. The monoisotopic (exact) mass is 303 g/mol. The van der Waals surface area contributed by atoms with Crippen LogP contribution >= 0.6 is 22.6 Å². The SMILES string of the molecule is CC(C)CCC(N)c1ccccc1I. The first kappa shape index (κ1) is 12.0. The van der Waals surface area contributed by atoms with Crippen molar-refractivity contribution in [3.05, 3.63) is 33.4 Å². The lowest BCUT2D eigenvalue weighted by Gasteiger charge is -2.14. The van der Waals surface area contributed by atoms with Crippen LogP contribution in [-0.2, 0) is 0 Å². The van der Waals surface area contributed by atoms with Crippen molar-refractivity contribution in [2.75, 3.05) is 0 Å². The second kappa shape index (κ2) is 5.71. The Balaban J connectivity index is 2.60. The van der Waals surface area contributed by atoms with Gasteiger partial charge in [0.25, 0.3) is 0 Å². The molecule has 0 radical (unpaired) electrons. The van der Waals surface area contributed by atoms with E-state index in [0.717, 1.165) is 12.3 Å². The van der Waals surface area contributed by atoms with Gasteiger partial charge in [0.2, 0.25) is 0 Å². The van der Waals surface area contributed by atoms with E-state index in [0.29, 0.717) is 0 Å². The first-order chi connectivity index (χ1) is 6.61. The molecule has 1 atom stereocenters. The molecule has 1 aromatic rings. The molecule has 14 heavy (non-hydrogen) atoms. The molecule has 78 valence electrons. The lowest BCUT2D eigenvalue weighted by Crippen LogP contribution is -2.12. The fourth-order valence-electron chi connectivity index (χ4n) is 1.44. The topological polar surface area (TPSA) is 26.0 Å². The highest BCUT2D eigenvalue weighted by Gasteiger charge is 2.09. The summed E-state index contributed by atoms with van der Waals surface area (Å²) in [5.74, 6) is 0.738. The number of hydrogen-bond donors (Lipinski definition) is 1. The quantitative estimate of drug-likeness (QED) is 0.843. The van der Waals surface area contributed by atoms with E-state index in [1.165, 1.54) is 15.6 Å². The highest BCUT2D eigenvalue weighted by atomic mass is 127. The van der Waals surface area contributed by atoms with E-state index in [4.69, 9.17) is 5.73 Å². The largest absolute Gasteiger partial charge is 0.324 e. The van der Waals surface area contributed by atoms with Gasteiger partial charge in [-0.2, -0.15) is 0 Å². The molecule has 0 aliphatic carbocycles. The Kier molecular flexibility index (Phi) is 4.89. The van der Waals surface area contributed by atoms with Crippen LogP contribution in [0.3, 0.4) is 0 Å². The van der Waals surface area contributed by atoms with Crippen LogP contribution < -0.4 is 5.73 Å². The van der Waals surface area contributed by atoms with Gasteiger partial charge >= 0.3 is 0 Å². The van der Waals surface area contributed by atoms with Crippen molar-refractivity contribution < 1.29 is 0 Å². The van der Waals surface area contributed by atoms with Gasteiger partial charge in [0.1, 0.15) is 0 Å². The van der Waals surface area contributed by atoms with E-state index >= 15 is 0 Å². The van der Waals surface area contributed by atoms with Gasteiger partial charge in [-0.1, -0.05) is 32.0 Å². The van der Waals surface area contributed by atoms with Crippen LogP contribution in [0.4, 0.5) is 0 Å². The van der Waals surface area contributed by atoms with Crippen molar-refractivity contribution in [3.8, 4) is 0 Å². The highest BCUT2D eigenvalue weighted by molar-refractivity contribution is 14.1. The number of halogens is 1. The van der Waals surface area contributed by atoms with Crippen LogP contribution in [0.5, 0.6) is 0 Å². The average Bonchev–Trinajstić information content (AvgIpc) is 2.15. The van der Waals surface area contributed by atoms with Gasteiger partial charge < -0.3 is 5.73 Å². The molecule has 1 unspecified atom stereocenters. The molecule has 0 heterocycles. The molecule has 0 aliphatic rings. The summed E-state index contributed by atoms with van der Waals surface area (Å²) in [5, 5.41) is 0. The van der Waals surface area contributed by atoms with Crippen molar-refractivity contribution in [3.63, 3.8) is 0 Å². The van der Waals surface area contributed by atoms with E-state index in [2.05, 4.69) is 60.7 Å². The molecule has 0 fully saturated rings. The summed E-state index contributed by atoms with van der Waals surface area (Å²) < 4.78 is 1.28. The van der Waals surface area contributed by atoms with E-state index in [9.17, 15) is 0 Å². The molecule has 0 aliphatic heterocycles. The Morgan fingerprint density at radius 2 is 1.86 bits per heavy atom. The lowest BCUT2D eigenvalue weighted by molar-refractivity contribution is 0.506. The zero-order valence-corrected chi connectivity index (χ0v) is 11.0. The minimum atomic E-state index is 0.200. The minimum absolute atomic E-state index is 0.200. The Morgan fingerprint density at radius 1 is 1.21 bits per heavy atom. The molecule has 0 aromatic heterocycles. The maximum atomic E-state index is 6.14. The predicted octanol–water partition coefficient (Wildman–Crippen LogP) is 3.73.